The van der Waals surface area contributed by atoms with Gasteiger partial charge < -0.3 is 50.5 Å². The summed E-state index contributed by atoms with van der Waals surface area (Å²) in [5, 5.41) is 76.6. The number of ether oxygens (including phenoxy) is 2. The second-order valence-corrected chi connectivity index (χ2v) is 26.4. The molecule has 1 fully saturated rings. The van der Waals surface area contributed by atoms with Crippen LogP contribution in [0.5, 0.6) is 0 Å². The van der Waals surface area contributed by atoms with Crippen molar-refractivity contribution in [1.82, 2.24) is 5.32 Å². The number of rotatable bonds is 66. The topological polar surface area (TPSA) is 189 Å². The van der Waals surface area contributed by atoms with Crippen LogP contribution in [0.1, 0.15) is 380 Å². The average molecular weight is 1190 g/mol. The number of hydrogen-bond donors (Lipinski definition) is 8. The van der Waals surface area contributed by atoms with Crippen molar-refractivity contribution in [3.63, 3.8) is 0 Å². The van der Waals surface area contributed by atoms with Crippen LogP contribution >= 0.6 is 0 Å². The Morgan fingerprint density at radius 1 is 0.405 bits per heavy atom. The van der Waals surface area contributed by atoms with Crippen LogP contribution in [0.15, 0.2) is 12.2 Å². The summed E-state index contributed by atoms with van der Waals surface area (Å²) >= 11 is 0. The number of aliphatic hydroxyl groups excluding tert-OH is 7. The van der Waals surface area contributed by atoms with Crippen molar-refractivity contribution >= 4 is 5.91 Å². The lowest BCUT2D eigenvalue weighted by Gasteiger charge is -2.40. The molecular weight excluding hydrogens is 1050 g/mol. The Kier molecular flexibility index (Phi) is 59.7. The molecule has 0 saturated carbocycles. The Balaban J connectivity index is 2.17. The average Bonchev–Trinajstić information content (AvgIpc) is 3.66. The predicted molar refractivity (Wildman–Crippen MR) is 353 cm³/mol. The minimum absolute atomic E-state index is 0.262. The lowest BCUT2D eigenvalue weighted by Crippen LogP contribution is -2.60. The van der Waals surface area contributed by atoms with E-state index in [4.69, 9.17) is 9.47 Å². The van der Waals surface area contributed by atoms with Crippen LogP contribution in [0.25, 0.3) is 0 Å². The van der Waals surface area contributed by atoms with Gasteiger partial charge in [0.25, 0.3) is 0 Å². The van der Waals surface area contributed by atoms with Crippen LogP contribution in [0.4, 0.5) is 0 Å². The Morgan fingerprint density at radius 3 is 1.00 bits per heavy atom. The Morgan fingerprint density at radius 2 is 0.690 bits per heavy atom. The van der Waals surface area contributed by atoms with E-state index < -0.39 is 74.2 Å². The van der Waals surface area contributed by atoms with Crippen molar-refractivity contribution in [2.24, 2.45) is 0 Å². The van der Waals surface area contributed by atoms with Gasteiger partial charge in [-0.25, -0.2) is 0 Å². The zero-order valence-corrected chi connectivity index (χ0v) is 55.4. The van der Waals surface area contributed by atoms with Crippen LogP contribution in [0.2, 0.25) is 0 Å². The van der Waals surface area contributed by atoms with E-state index in [1.165, 1.54) is 302 Å². The van der Waals surface area contributed by atoms with E-state index in [0.717, 1.165) is 38.5 Å². The third-order valence-corrected chi connectivity index (χ3v) is 18.3. The molecule has 0 radical (unpaired) electrons. The minimum Gasteiger partial charge on any atom is -0.394 e. The minimum atomic E-state index is -1.66. The van der Waals surface area contributed by atoms with Crippen LogP contribution in [0.3, 0.4) is 0 Å². The van der Waals surface area contributed by atoms with E-state index in [1.807, 2.05) is 0 Å². The summed E-state index contributed by atoms with van der Waals surface area (Å²) in [6, 6.07) is -1.17. The number of carbonyl (C=O) groups is 1. The number of aliphatic hydroxyl groups is 7. The Labute approximate surface area is 519 Å². The van der Waals surface area contributed by atoms with E-state index in [0.29, 0.717) is 19.3 Å². The lowest BCUT2D eigenvalue weighted by atomic mass is 9.98. The normalized spacial score (nSPS) is 18.9. The summed E-state index contributed by atoms with van der Waals surface area (Å²) in [5.74, 6) is -0.690. The van der Waals surface area contributed by atoms with Gasteiger partial charge in [-0.3, -0.25) is 4.79 Å². The molecule has 1 amide bonds. The maximum absolute atomic E-state index is 13.3. The second kappa shape index (κ2) is 62.1. The number of hydrogen-bond acceptors (Lipinski definition) is 10. The molecule has 0 aromatic rings. The van der Waals surface area contributed by atoms with E-state index in [2.05, 4.69) is 31.3 Å². The summed E-state index contributed by atoms with van der Waals surface area (Å²) in [6.07, 6.45) is 65.9. The summed E-state index contributed by atoms with van der Waals surface area (Å²) in [4.78, 5) is 13.3. The summed E-state index contributed by atoms with van der Waals surface area (Å²) in [7, 11) is 0. The molecule has 0 aliphatic carbocycles. The zero-order chi connectivity index (χ0) is 61.0. The van der Waals surface area contributed by atoms with Crippen molar-refractivity contribution < 1.29 is 50.0 Å². The van der Waals surface area contributed by atoms with Crippen molar-refractivity contribution in [3.05, 3.63) is 12.2 Å². The molecule has 1 aliphatic heterocycles. The van der Waals surface area contributed by atoms with Gasteiger partial charge in [-0.05, 0) is 38.5 Å². The molecule has 11 heteroatoms. The third kappa shape index (κ3) is 48.7. The highest BCUT2D eigenvalue weighted by Crippen LogP contribution is 2.24. The molecule has 8 N–H and O–H groups in total. The number of nitrogens with one attached hydrogen (secondary N) is 1. The molecule has 11 nitrogen and oxygen atoms in total. The first-order valence-electron chi connectivity index (χ1n) is 37.1. The molecule has 0 bridgehead atoms. The zero-order valence-electron chi connectivity index (χ0n) is 55.4. The Hall–Kier alpha value is -1.15. The lowest BCUT2D eigenvalue weighted by molar-refractivity contribution is -0.303. The highest BCUT2D eigenvalue weighted by molar-refractivity contribution is 5.80. The van der Waals surface area contributed by atoms with Gasteiger partial charge in [0.2, 0.25) is 5.91 Å². The van der Waals surface area contributed by atoms with Crippen LogP contribution in [-0.2, 0) is 14.3 Å². The van der Waals surface area contributed by atoms with E-state index in [9.17, 15) is 40.5 Å². The molecule has 1 aliphatic rings. The van der Waals surface area contributed by atoms with Gasteiger partial charge in [0.05, 0.1) is 25.4 Å². The fraction of sp³-hybridized carbons (Fsp3) is 0.959. The van der Waals surface area contributed by atoms with E-state index in [-0.39, 0.29) is 6.42 Å². The van der Waals surface area contributed by atoms with Gasteiger partial charge in [0, 0.05) is 0 Å². The molecule has 0 aromatic heterocycles. The monoisotopic (exact) mass is 1190 g/mol. The second-order valence-electron chi connectivity index (χ2n) is 26.4. The van der Waals surface area contributed by atoms with Crippen LogP contribution < -0.4 is 5.32 Å². The first-order chi connectivity index (χ1) is 41.2. The van der Waals surface area contributed by atoms with Crippen molar-refractivity contribution in [2.75, 3.05) is 13.2 Å². The smallest absolute Gasteiger partial charge is 0.249 e. The molecule has 9 unspecified atom stereocenters. The molecule has 0 spiro atoms. The van der Waals surface area contributed by atoms with Gasteiger partial charge in [-0.1, -0.05) is 353 Å². The quantitative estimate of drug-likeness (QED) is 0.0215. The third-order valence-electron chi connectivity index (χ3n) is 18.3. The predicted octanol–water partition coefficient (Wildman–Crippen LogP) is 18.2. The molecule has 500 valence electrons. The van der Waals surface area contributed by atoms with Gasteiger partial charge in [-0.2, -0.15) is 0 Å². The maximum Gasteiger partial charge on any atom is 0.249 e. The van der Waals surface area contributed by atoms with Crippen LogP contribution in [-0.4, -0.2) is 110 Å². The number of unbranched alkanes of at least 4 members (excludes halogenated alkanes) is 52. The fourth-order valence-electron chi connectivity index (χ4n) is 12.4. The van der Waals surface area contributed by atoms with Gasteiger partial charge in [0.1, 0.15) is 36.6 Å². The molecule has 1 saturated heterocycles. The standard InChI is InChI=1S/C73H143NO10/c1-3-5-7-9-11-13-15-17-19-21-23-25-27-29-31-32-33-34-35-37-38-40-42-44-46-48-50-52-54-56-58-60-65(76)68(78)64(63-83-73-71(81)70(80)69(79)67(62-75)84-73)74-72(82)66(77)61-59-57-55-53-51-49-47-45-43-41-39-36-30-28-26-24-22-20-18-16-14-12-10-8-6-4-2/h30,36,64-71,73,75-81H,3-29,31-35,37-63H2,1-2H3,(H,74,82)/b36-30-. The number of carbonyl (C=O) groups excluding carboxylic acids is 1. The van der Waals surface area contributed by atoms with Crippen molar-refractivity contribution in [3.8, 4) is 0 Å². The highest BCUT2D eigenvalue weighted by Gasteiger charge is 2.44. The van der Waals surface area contributed by atoms with Gasteiger partial charge in [-0.15, -0.1) is 0 Å². The first kappa shape index (κ1) is 80.9. The van der Waals surface area contributed by atoms with Crippen molar-refractivity contribution in [1.29, 1.82) is 0 Å². The fourth-order valence-corrected chi connectivity index (χ4v) is 12.4. The molecule has 84 heavy (non-hydrogen) atoms. The van der Waals surface area contributed by atoms with Gasteiger partial charge >= 0.3 is 0 Å². The molecule has 0 aromatic carbocycles. The highest BCUT2D eigenvalue weighted by atomic mass is 16.7. The summed E-state index contributed by atoms with van der Waals surface area (Å²) in [5.41, 5.74) is 0. The van der Waals surface area contributed by atoms with Gasteiger partial charge in [0.15, 0.2) is 6.29 Å². The molecular formula is C73H143NO10. The largest absolute Gasteiger partial charge is 0.394 e. The first-order valence-corrected chi connectivity index (χ1v) is 37.1. The Bertz CT molecular complexity index is 1370. The maximum atomic E-state index is 13.3. The number of allylic oxidation sites excluding steroid dienone is 2. The number of amides is 1. The van der Waals surface area contributed by atoms with Crippen molar-refractivity contribution in [2.45, 2.75) is 435 Å². The van der Waals surface area contributed by atoms with E-state index >= 15 is 0 Å². The SMILES string of the molecule is CCCCCCCCCCCCCC/C=C\CCCCCCCCCCCCC(O)C(=O)NC(COC1OC(CO)C(O)C(O)C1O)C(O)C(O)CCCCCCCCCCCCCCCCCCCCCCCCCCCCCCCCC. The van der Waals surface area contributed by atoms with Crippen LogP contribution in [0, 0.1) is 0 Å². The molecule has 1 heterocycles. The van der Waals surface area contributed by atoms with E-state index in [1.54, 1.807) is 0 Å². The summed E-state index contributed by atoms with van der Waals surface area (Å²) in [6.45, 7) is 3.53. The summed E-state index contributed by atoms with van der Waals surface area (Å²) < 4.78 is 11.2. The molecule has 9 atom stereocenters. The molecule has 1 rings (SSSR count).